The molecule has 9 heteroatoms. The zero-order valence-electron chi connectivity index (χ0n) is 22.3. The van der Waals surface area contributed by atoms with E-state index in [1.807, 2.05) is 43.3 Å². The van der Waals surface area contributed by atoms with Crippen LogP contribution in [0.4, 0.5) is 5.82 Å². The van der Waals surface area contributed by atoms with Gasteiger partial charge >= 0.3 is 0 Å². The lowest BCUT2D eigenvalue weighted by molar-refractivity contribution is 0.266. The third-order valence-electron chi connectivity index (χ3n) is 7.25. The van der Waals surface area contributed by atoms with Gasteiger partial charge in [-0.3, -0.25) is 14.3 Å². The molecule has 0 aliphatic carbocycles. The number of benzene rings is 3. The van der Waals surface area contributed by atoms with E-state index in [2.05, 4.69) is 65.3 Å². The Morgan fingerprint density at radius 3 is 2.54 bits per heavy atom. The van der Waals surface area contributed by atoms with Crippen molar-refractivity contribution in [1.82, 2.24) is 29.4 Å². The molecule has 0 radical (unpaired) electrons. The van der Waals surface area contributed by atoms with E-state index in [1.54, 1.807) is 21.6 Å². The third kappa shape index (κ3) is 4.26. The Labute approximate surface area is 225 Å². The summed E-state index contributed by atoms with van der Waals surface area (Å²) in [5.41, 5.74) is 12.8. The van der Waals surface area contributed by atoms with Crippen molar-refractivity contribution in [2.75, 3.05) is 12.8 Å². The van der Waals surface area contributed by atoms with Crippen LogP contribution in [0.5, 0.6) is 0 Å². The van der Waals surface area contributed by atoms with Crippen molar-refractivity contribution in [3.8, 4) is 22.5 Å². The van der Waals surface area contributed by atoms with Crippen LogP contribution < -0.4 is 11.3 Å². The Morgan fingerprint density at radius 2 is 1.77 bits per heavy atom. The minimum atomic E-state index is -0.217. The second-order valence-corrected chi connectivity index (χ2v) is 10.1. The van der Waals surface area contributed by atoms with Gasteiger partial charge in [-0.2, -0.15) is 5.10 Å². The maximum atomic E-state index is 13.8. The van der Waals surface area contributed by atoms with Crippen LogP contribution in [0.2, 0.25) is 0 Å². The average molecular weight is 520 g/mol. The van der Waals surface area contributed by atoms with E-state index in [-0.39, 0.29) is 11.4 Å². The first kappa shape index (κ1) is 24.6. The molecule has 0 aliphatic rings. The second kappa shape index (κ2) is 9.52. The Kier molecular flexibility index (Phi) is 6.00. The summed E-state index contributed by atoms with van der Waals surface area (Å²) in [5.74, 6) is 0.285. The number of aryl methyl sites for hydroxylation is 1. The molecule has 0 unspecified atom stereocenters. The lowest BCUT2D eigenvalue weighted by atomic mass is 9.99. The molecule has 0 bridgehead atoms. The van der Waals surface area contributed by atoms with Gasteiger partial charge in [-0.15, -0.1) is 0 Å². The molecular formula is C30H29N7O2. The van der Waals surface area contributed by atoms with Crippen LogP contribution in [0.15, 0.2) is 82.4 Å². The van der Waals surface area contributed by atoms with Crippen LogP contribution in [0, 0.1) is 6.92 Å². The number of nitrogen functional groups attached to an aromatic ring is 1. The number of rotatable bonds is 6. The zero-order valence-corrected chi connectivity index (χ0v) is 22.3. The summed E-state index contributed by atoms with van der Waals surface area (Å²) in [5, 5.41) is 9.10. The van der Waals surface area contributed by atoms with E-state index in [0.717, 1.165) is 17.8 Å². The van der Waals surface area contributed by atoms with Gasteiger partial charge in [-0.25, -0.2) is 9.67 Å². The minimum absolute atomic E-state index is 0.217. The van der Waals surface area contributed by atoms with E-state index in [4.69, 9.17) is 10.3 Å². The van der Waals surface area contributed by atoms with Gasteiger partial charge in [0.15, 0.2) is 16.9 Å². The number of hydrogen-bond donors (Lipinski definition) is 1. The standard InChI is InChI=1S/C30H29N7O2/c1-18(2)35(4)16-21-7-5-6-8-24(21)20-9-11-22(12-10-20)36-17-32-27-19(3)33-37(28(27)30(36)38)23-13-14-26-25(15-23)29(31)34-39-26/h5-15,17-18H,16H2,1-4H3,(H2,31,34). The first-order valence-corrected chi connectivity index (χ1v) is 12.8. The molecule has 0 amide bonds. The molecule has 0 saturated carbocycles. The fourth-order valence-electron chi connectivity index (χ4n) is 4.79. The van der Waals surface area contributed by atoms with Crippen LogP contribution in [0.1, 0.15) is 25.1 Å². The summed E-state index contributed by atoms with van der Waals surface area (Å²) in [6, 6.07) is 22.3. The summed E-state index contributed by atoms with van der Waals surface area (Å²) < 4.78 is 8.39. The minimum Gasteiger partial charge on any atom is -0.380 e. The Bertz CT molecular complexity index is 1880. The van der Waals surface area contributed by atoms with E-state index in [1.165, 1.54) is 11.1 Å². The highest BCUT2D eigenvalue weighted by Crippen LogP contribution is 2.27. The van der Waals surface area contributed by atoms with Gasteiger partial charge in [0, 0.05) is 12.6 Å². The Morgan fingerprint density at radius 1 is 1.03 bits per heavy atom. The van der Waals surface area contributed by atoms with Gasteiger partial charge in [0.1, 0.15) is 11.8 Å². The van der Waals surface area contributed by atoms with Crippen molar-refractivity contribution >= 4 is 27.8 Å². The highest BCUT2D eigenvalue weighted by Gasteiger charge is 2.18. The maximum absolute atomic E-state index is 13.8. The van der Waals surface area contributed by atoms with Crippen LogP contribution in [-0.4, -0.2) is 42.5 Å². The van der Waals surface area contributed by atoms with Gasteiger partial charge in [0.05, 0.1) is 22.5 Å². The molecule has 3 aromatic carbocycles. The molecule has 0 aliphatic heterocycles. The first-order valence-electron chi connectivity index (χ1n) is 12.8. The number of nitrogens with two attached hydrogens (primary N) is 1. The summed E-state index contributed by atoms with van der Waals surface area (Å²) in [6.07, 6.45) is 1.56. The van der Waals surface area contributed by atoms with Gasteiger partial charge in [-0.05, 0) is 74.8 Å². The predicted octanol–water partition coefficient (Wildman–Crippen LogP) is 5.11. The zero-order chi connectivity index (χ0) is 27.3. The monoisotopic (exact) mass is 519 g/mol. The molecular weight excluding hydrogens is 490 g/mol. The molecule has 6 aromatic rings. The van der Waals surface area contributed by atoms with E-state index in [9.17, 15) is 4.79 Å². The van der Waals surface area contributed by atoms with Crippen molar-refractivity contribution in [2.24, 2.45) is 0 Å². The lowest BCUT2D eigenvalue weighted by Crippen LogP contribution is -2.25. The van der Waals surface area contributed by atoms with Crippen molar-refractivity contribution in [3.05, 3.63) is 94.7 Å². The van der Waals surface area contributed by atoms with Gasteiger partial charge in [-0.1, -0.05) is 41.6 Å². The molecule has 3 aromatic heterocycles. The number of fused-ring (bicyclic) bond motifs is 2. The van der Waals surface area contributed by atoms with Crippen molar-refractivity contribution in [2.45, 2.75) is 33.4 Å². The van der Waals surface area contributed by atoms with Gasteiger partial charge in [0.2, 0.25) is 0 Å². The molecule has 0 fully saturated rings. The molecule has 0 saturated heterocycles. The smallest absolute Gasteiger partial charge is 0.284 e. The predicted molar refractivity (Wildman–Crippen MR) is 153 cm³/mol. The third-order valence-corrected chi connectivity index (χ3v) is 7.25. The molecule has 0 spiro atoms. The molecule has 0 atom stereocenters. The second-order valence-electron chi connectivity index (χ2n) is 10.1. The lowest BCUT2D eigenvalue weighted by Gasteiger charge is -2.22. The Balaban J connectivity index is 1.41. The maximum Gasteiger partial charge on any atom is 0.284 e. The molecule has 3 heterocycles. The SMILES string of the molecule is Cc1nn(-c2ccc3onc(N)c3c2)c2c(=O)n(-c3ccc(-c4ccccc4CN(C)C(C)C)cc3)cnc12. The number of anilines is 1. The highest BCUT2D eigenvalue weighted by atomic mass is 16.5. The largest absolute Gasteiger partial charge is 0.380 e. The van der Waals surface area contributed by atoms with E-state index in [0.29, 0.717) is 39.4 Å². The summed E-state index contributed by atoms with van der Waals surface area (Å²) >= 11 is 0. The average Bonchev–Trinajstić information content (AvgIpc) is 3.49. The topological polar surface area (TPSA) is 108 Å². The van der Waals surface area contributed by atoms with Crippen LogP contribution in [0.25, 0.3) is 44.5 Å². The van der Waals surface area contributed by atoms with Crippen molar-refractivity contribution in [3.63, 3.8) is 0 Å². The number of nitrogens with zero attached hydrogens (tertiary/aromatic N) is 6. The first-order chi connectivity index (χ1) is 18.8. The van der Waals surface area contributed by atoms with Crippen LogP contribution in [0.3, 0.4) is 0 Å². The van der Waals surface area contributed by atoms with Crippen molar-refractivity contribution < 1.29 is 4.52 Å². The fourth-order valence-corrected chi connectivity index (χ4v) is 4.79. The van der Waals surface area contributed by atoms with Crippen molar-refractivity contribution in [1.29, 1.82) is 0 Å². The summed E-state index contributed by atoms with van der Waals surface area (Å²) in [7, 11) is 2.13. The molecule has 9 nitrogen and oxygen atoms in total. The fraction of sp³-hybridized carbons (Fsp3) is 0.200. The highest BCUT2D eigenvalue weighted by molar-refractivity contribution is 5.89. The van der Waals surface area contributed by atoms with Gasteiger partial charge < -0.3 is 10.3 Å². The number of hydrogen-bond acceptors (Lipinski definition) is 7. The number of aromatic nitrogens is 5. The quantitative estimate of drug-likeness (QED) is 0.326. The van der Waals surface area contributed by atoms with Crippen LogP contribution >= 0.6 is 0 Å². The normalized spacial score (nSPS) is 11.8. The van der Waals surface area contributed by atoms with Gasteiger partial charge in [0.25, 0.3) is 5.56 Å². The molecule has 39 heavy (non-hydrogen) atoms. The molecule has 6 rings (SSSR count). The molecule has 2 N–H and O–H groups in total. The van der Waals surface area contributed by atoms with E-state index < -0.39 is 0 Å². The molecule has 196 valence electrons. The van der Waals surface area contributed by atoms with Crippen LogP contribution in [-0.2, 0) is 6.54 Å². The summed E-state index contributed by atoms with van der Waals surface area (Å²) in [4.78, 5) is 20.7. The summed E-state index contributed by atoms with van der Waals surface area (Å²) in [6.45, 7) is 7.07. The Hall–Kier alpha value is -4.76. The van der Waals surface area contributed by atoms with E-state index >= 15 is 0 Å².